The number of para-hydroxylation sites is 2. The molecule has 7 aromatic carbocycles. The first-order chi connectivity index (χ1) is 32.6. The van der Waals surface area contributed by atoms with Crippen LogP contribution in [0.25, 0.3) is 10.9 Å². The van der Waals surface area contributed by atoms with E-state index in [1.54, 1.807) is 0 Å². The van der Waals surface area contributed by atoms with E-state index in [0.29, 0.717) is 0 Å². The van der Waals surface area contributed by atoms with Gasteiger partial charge in [-0.05, 0) is 24.3 Å². The minimum atomic E-state index is -7.22. The Morgan fingerprint density at radius 3 is 0.942 bits per heavy atom. The number of hydrogen-bond acceptors (Lipinski definition) is 1. The van der Waals surface area contributed by atoms with Crippen LogP contribution >= 0.6 is 0 Å². The molecule has 1 aromatic heterocycles. The summed E-state index contributed by atoms with van der Waals surface area (Å²) >= 11 is 0. The summed E-state index contributed by atoms with van der Waals surface area (Å²) < 4.78 is 302. The molecule has 0 bridgehead atoms. The van der Waals surface area contributed by atoms with E-state index in [2.05, 4.69) is 59.2 Å². The van der Waals surface area contributed by atoms with Gasteiger partial charge >= 0.3 is 5.88 Å². The Labute approximate surface area is 372 Å². The van der Waals surface area contributed by atoms with Crippen LogP contribution < -0.4 is 31.2 Å². The van der Waals surface area contributed by atoms with Crippen molar-refractivity contribution in [1.82, 2.24) is 0 Å². The summed E-state index contributed by atoms with van der Waals surface area (Å²) in [7, 11) is 0. The summed E-state index contributed by atoms with van der Waals surface area (Å²) in [4.78, 5) is 0. The molecule has 0 fully saturated rings. The van der Waals surface area contributed by atoms with Gasteiger partial charge in [-0.1, -0.05) is 60.7 Å². The number of fused-ring (bicyclic) bond motifs is 1. The fourth-order valence-electron chi connectivity index (χ4n) is 7.75. The highest BCUT2D eigenvalue weighted by molar-refractivity contribution is 7.20. The number of hydrogen-bond donors (Lipinski definition) is 0. The number of ether oxygens (including phenoxy) is 1. The van der Waals surface area contributed by atoms with Gasteiger partial charge < -0.3 is 4.74 Å². The van der Waals surface area contributed by atoms with Crippen molar-refractivity contribution in [3.63, 3.8) is 0 Å². The third kappa shape index (κ3) is 8.01. The number of halogens is 20. The molecule has 356 valence electrons. The van der Waals surface area contributed by atoms with E-state index in [4.69, 9.17) is 4.74 Å². The standard InChI is InChI=1S/C24BF20.C22H18NO/c26-5-1(6(27)14(35)21(42)13(5)34)25(2-7(28)15(36)22(43)16(37)8(2)29,3-9(30)17(38)23(44)18(39)10(3)31)4-11(32)19(40)24(45)20(41)12(4)33;1-3-9-18(10-4-1)17-23-21-14-8-7-11-19(21)15-16-22(23)24-20-12-5-2-6-13-20/h;1-16H,17H2/q-1;+1. The Bertz CT molecular complexity index is 2960. The van der Waals surface area contributed by atoms with Crippen LogP contribution in [0, 0.1) is 116 Å². The molecule has 0 aliphatic heterocycles. The third-order valence-electron chi connectivity index (χ3n) is 10.8. The smallest absolute Gasteiger partial charge is 0.374 e. The van der Waals surface area contributed by atoms with Gasteiger partial charge in [0.2, 0.25) is 5.52 Å². The van der Waals surface area contributed by atoms with Crippen LogP contribution in [0.5, 0.6) is 11.6 Å². The largest absolute Gasteiger partial charge is 0.405 e. The first-order valence-corrected chi connectivity index (χ1v) is 19.0. The van der Waals surface area contributed by atoms with Crippen molar-refractivity contribution >= 4 is 38.9 Å². The number of nitrogens with zero attached hydrogens (tertiary/aromatic N) is 1. The minimum absolute atomic E-state index is 0.768. The summed E-state index contributed by atoms with van der Waals surface area (Å²) in [5.41, 5.74) is -11.9. The van der Waals surface area contributed by atoms with Gasteiger partial charge in [-0.15, -0.1) is 21.9 Å². The molecule has 1 heterocycles. The summed E-state index contributed by atoms with van der Waals surface area (Å²) in [6, 6.07) is 32.9. The van der Waals surface area contributed by atoms with E-state index in [1.165, 1.54) is 10.9 Å². The fourth-order valence-corrected chi connectivity index (χ4v) is 7.75. The molecule has 0 aliphatic rings. The summed E-state index contributed by atoms with van der Waals surface area (Å²) in [5, 5.41) is 1.20. The van der Waals surface area contributed by atoms with E-state index < -0.39 is 144 Å². The van der Waals surface area contributed by atoms with Crippen molar-refractivity contribution in [3.05, 3.63) is 219 Å². The van der Waals surface area contributed by atoms with Crippen LogP contribution in [0.1, 0.15) is 5.56 Å². The zero-order valence-electron chi connectivity index (χ0n) is 33.4. The van der Waals surface area contributed by atoms with Crippen molar-refractivity contribution in [2.45, 2.75) is 6.54 Å². The van der Waals surface area contributed by atoms with Crippen molar-refractivity contribution < 1.29 is 97.1 Å². The normalized spacial score (nSPS) is 11.5. The molecule has 8 aromatic rings. The number of pyridine rings is 1. The van der Waals surface area contributed by atoms with Crippen LogP contribution in [-0.2, 0) is 6.54 Å². The summed E-state index contributed by atoms with van der Waals surface area (Å²) in [6.45, 7) is 0.768. The Hall–Kier alpha value is -7.59. The molecule has 2 nitrogen and oxygen atoms in total. The van der Waals surface area contributed by atoms with Crippen molar-refractivity contribution in [1.29, 1.82) is 0 Å². The average molecular weight is 991 g/mol. The molecule has 23 heteroatoms. The van der Waals surface area contributed by atoms with Crippen molar-refractivity contribution in [2.75, 3.05) is 0 Å². The zero-order chi connectivity index (χ0) is 50.5. The second kappa shape index (κ2) is 18.8. The highest BCUT2D eigenvalue weighted by Crippen LogP contribution is 2.31. The van der Waals surface area contributed by atoms with Crippen LogP contribution in [0.2, 0.25) is 0 Å². The van der Waals surface area contributed by atoms with Crippen LogP contribution in [0.4, 0.5) is 87.8 Å². The highest BCUT2D eigenvalue weighted by atomic mass is 19.2. The Morgan fingerprint density at radius 1 is 0.304 bits per heavy atom. The molecular formula is C46H18BF20NO. The van der Waals surface area contributed by atoms with Gasteiger partial charge in [0.15, 0.2) is 76.4 Å². The molecule has 8 rings (SSSR count). The summed E-state index contributed by atoms with van der Waals surface area (Å²) in [6.07, 6.45) is -7.22. The van der Waals surface area contributed by atoms with Crippen LogP contribution in [0.15, 0.2) is 97.1 Å². The molecule has 0 radical (unpaired) electrons. The molecule has 0 saturated heterocycles. The van der Waals surface area contributed by atoms with E-state index in [0.717, 1.165) is 23.7 Å². The molecule has 0 amide bonds. The van der Waals surface area contributed by atoms with E-state index in [1.807, 2.05) is 42.5 Å². The second-order valence-electron chi connectivity index (χ2n) is 14.5. The molecule has 0 saturated carbocycles. The molecular weight excluding hydrogens is 973 g/mol. The summed E-state index contributed by atoms with van der Waals surface area (Å²) in [5.74, 6) is -69.7. The molecule has 0 aliphatic carbocycles. The van der Waals surface area contributed by atoms with Gasteiger partial charge in [0.1, 0.15) is 58.4 Å². The quantitative estimate of drug-likeness (QED) is 0.0486. The van der Waals surface area contributed by atoms with Gasteiger partial charge in [-0.25, -0.2) is 87.8 Å². The lowest BCUT2D eigenvalue weighted by atomic mass is 9.12. The first kappa shape index (κ1) is 49.3. The molecule has 0 unspecified atom stereocenters. The Balaban J connectivity index is 0.000000244. The van der Waals surface area contributed by atoms with Gasteiger partial charge in [-0.2, -0.15) is 4.57 Å². The number of rotatable bonds is 8. The minimum Gasteiger partial charge on any atom is -0.405 e. The van der Waals surface area contributed by atoms with E-state index in [-0.39, 0.29) is 0 Å². The number of aromatic nitrogens is 1. The average Bonchev–Trinajstić information content (AvgIpc) is 3.35. The zero-order valence-corrected chi connectivity index (χ0v) is 33.4. The van der Waals surface area contributed by atoms with Crippen LogP contribution in [0.3, 0.4) is 0 Å². The van der Waals surface area contributed by atoms with Gasteiger partial charge in [-0.3, -0.25) is 0 Å². The second-order valence-corrected chi connectivity index (χ2v) is 14.5. The molecule has 69 heavy (non-hydrogen) atoms. The lowest BCUT2D eigenvalue weighted by Crippen LogP contribution is -2.81. The maximum Gasteiger partial charge on any atom is 0.374 e. The van der Waals surface area contributed by atoms with Crippen molar-refractivity contribution in [3.8, 4) is 11.6 Å². The molecule has 0 N–H and O–H groups in total. The highest BCUT2D eigenvalue weighted by Gasteiger charge is 2.52. The SMILES string of the molecule is Fc1c(F)c(F)c([B-](c2c(F)c(F)c(F)c(F)c2F)(c2c(F)c(F)c(F)c(F)c2F)c2c(F)c(F)c(F)c(F)c2F)c(F)c1F.c1ccc(C[n+]2c(Oc3ccccc3)ccc3ccccc32)cc1. The van der Waals surface area contributed by atoms with Gasteiger partial charge in [0, 0.05) is 17.0 Å². The molecule has 0 atom stereocenters. The van der Waals surface area contributed by atoms with E-state index >= 15 is 35.1 Å². The first-order valence-electron chi connectivity index (χ1n) is 19.0. The Morgan fingerprint density at radius 2 is 0.594 bits per heavy atom. The lowest BCUT2D eigenvalue weighted by Gasteiger charge is -2.44. The molecule has 0 spiro atoms. The predicted molar refractivity (Wildman–Crippen MR) is 205 cm³/mol. The van der Waals surface area contributed by atoms with Crippen LogP contribution in [-0.4, -0.2) is 6.15 Å². The monoisotopic (exact) mass is 991 g/mol. The van der Waals surface area contributed by atoms with E-state index in [9.17, 15) is 52.7 Å². The topological polar surface area (TPSA) is 13.1 Å². The van der Waals surface area contributed by atoms with Gasteiger partial charge in [0.25, 0.3) is 0 Å². The lowest BCUT2D eigenvalue weighted by molar-refractivity contribution is -0.666. The van der Waals surface area contributed by atoms with Gasteiger partial charge in [0.05, 0.1) is 6.07 Å². The maximum absolute atomic E-state index is 15.4. The predicted octanol–water partition coefficient (Wildman–Crippen LogP) is 10.8. The van der Waals surface area contributed by atoms with Crippen molar-refractivity contribution in [2.24, 2.45) is 0 Å². The maximum atomic E-state index is 15.4. The number of benzene rings is 7. The third-order valence-corrected chi connectivity index (χ3v) is 10.8. The Kier molecular flexibility index (Phi) is 13.5. The fraction of sp³-hybridized carbons (Fsp3) is 0.0217.